The van der Waals surface area contributed by atoms with E-state index in [1.54, 1.807) is 72.5 Å². The monoisotopic (exact) mass is 627 g/mol. The molecule has 1 heterocycles. The molecule has 0 aliphatic carbocycles. The van der Waals surface area contributed by atoms with E-state index < -0.39 is 12.0 Å². The molecule has 0 aromatic heterocycles. The number of hydrogen-bond acceptors (Lipinski definition) is 6. The minimum absolute atomic E-state index is 0.126. The maximum atomic E-state index is 13.8. The Morgan fingerprint density at radius 2 is 1.71 bits per heavy atom. The van der Waals surface area contributed by atoms with E-state index in [1.807, 2.05) is 13.0 Å². The van der Waals surface area contributed by atoms with Gasteiger partial charge in [0.15, 0.2) is 5.11 Å². The Bertz CT molecular complexity index is 1450. The van der Waals surface area contributed by atoms with Crippen LogP contribution < -0.4 is 15.0 Å². The maximum absolute atomic E-state index is 13.8. The molecule has 0 radical (unpaired) electrons. The van der Waals surface area contributed by atoms with Crippen molar-refractivity contribution in [1.82, 2.24) is 4.90 Å². The third-order valence-corrected chi connectivity index (χ3v) is 7.59. The predicted molar refractivity (Wildman–Crippen MR) is 169 cm³/mol. The van der Waals surface area contributed by atoms with Gasteiger partial charge in [-0.25, -0.2) is 4.79 Å². The van der Waals surface area contributed by atoms with Crippen molar-refractivity contribution in [2.45, 2.75) is 39.2 Å². The van der Waals surface area contributed by atoms with Crippen LogP contribution in [0.25, 0.3) is 0 Å². The van der Waals surface area contributed by atoms with Gasteiger partial charge < -0.3 is 19.7 Å². The first-order valence-corrected chi connectivity index (χ1v) is 14.8. The molecular weight excluding hydrogens is 597 g/mol. The lowest BCUT2D eigenvalue weighted by atomic mass is 10.1. The number of hydrogen-bond donors (Lipinski definition) is 1. The van der Waals surface area contributed by atoms with E-state index in [4.69, 9.17) is 44.9 Å². The molecule has 0 unspecified atom stereocenters. The summed E-state index contributed by atoms with van der Waals surface area (Å²) in [5, 5.41) is 4.14. The number of halogens is 2. The molecule has 1 N–H and O–H groups in total. The Morgan fingerprint density at radius 3 is 2.36 bits per heavy atom. The average Bonchev–Trinajstić information content (AvgIpc) is 3.20. The van der Waals surface area contributed by atoms with Gasteiger partial charge in [0.05, 0.1) is 30.9 Å². The summed E-state index contributed by atoms with van der Waals surface area (Å²) < 4.78 is 10.7. The van der Waals surface area contributed by atoms with Gasteiger partial charge in [0.2, 0.25) is 5.91 Å². The Kier molecular flexibility index (Phi) is 10.8. The molecule has 3 aromatic carbocycles. The van der Waals surface area contributed by atoms with Crippen LogP contribution in [0, 0.1) is 0 Å². The molecule has 0 bridgehead atoms. The molecule has 220 valence electrons. The van der Waals surface area contributed by atoms with Crippen LogP contribution in [0.15, 0.2) is 66.7 Å². The fourth-order valence-corrected chi connectivity index (χ4v) is 5.41. The number of ether oxygens (including phenoxy) is 2. The lowest BCUT2D eigenvalue weighted by Gasteiger charge is -2.24. The summed E-state index contributed by atoms with van der Waals surface area (Å²) in [4.78, 5) is 42.2. The standard InChI is InChI=1S/C31H31Cl2N3O5S/c1-3-17-41-25-13-9-23(10-14-25)34-28(37)19-27-29(38)36(24-11-6-21(7-12-24)30(39)40-4-2)31(42)35(27)16-15-20-5-8-22(32)18-26(20)33/h5-14,18,27H,3-4,15-17,19H2,1-2H3,(H,34,37)/t27-/m1/s1. The molecule has 11 heteroatoms. The summed E-state index contributed by atoms with van der Waals surface area (Å²) >= 11 is 18.2. The predicted octanol–water partition coefficient (Wildman–Crippen LogP) is 6.53. The minimum atomic E-state index is -0.847. The summed E-state index contributed by atoms with van der Waals surface area (Å²) in [5.74, 6) is -0.430. The molecule has 0 spiro atoms. The van der Waals surface area contributed by atoms with Crippen molar-refractivity contribution >= 4 is 69.7 Å². The number of nitrogens with one attached hydrogen (secondary N) is 1. The van der Waals surface area contributed by atoms with E-state index in [0.717, 1.165) is 12.0 Å². The van der Waals surface area contributed by atoms with E-state index in [-0.39, 0.29) is 30.0 Å². The van der Waals surface area contributed by atoms with Gasteiger partial charge in [-0.1, -0.05) is 36.2 Å². The van der Waals surface area contributed by atoms with Crippen molar-refractivity contribution in [2.75, 3.05) is 30.0 Å². The molecule has 1 fully saturated rings. The molecule has 2 amide bonds. The van der Waals surface area contributed by atoms with Crippen molar-refractivity contribution < 1.29 is 23.9 Å². The highest BCUT2D eigenvalue weighted by Gasteiger charge is 2.44. The van der Waals surface area contributed by atoms with Crippen molar-refractivity contribution in [3.05, 3.63) is 87.9 Å². The zero-order valence-electron chi connectivity index (χ0n) is 23.3. The molecule has 1 atom stereocenters. The molecule has 1 aliphatic rings. The number of nitrogens with zero attached hydrogens (tertiary/aromatic N) is 2. The van der Waals surface area contributed by atoms with Crippen LogP contribution in [-0.4, -0.2) is 53.6 Å². The third-order valence-electron chi connectivity index (χ3n) is 6.58. The van der Waals surface area contributed by atoms with Crippen LogP contribution in [0.4, 0.5) is 11.4 Å². The van der Waals surface area contributed by atoms with Crippen LogP contribution >= 0.6 is 35.4 Å². The zero-order valence-corrected chi connectivity index (χ0v) is 25.6. The van der Waals surface area contributed by atoms with Crippen molar-refractivity contribution in [3.8, 4) is 5.75 Å². The minimum Gasteiger partial charge on any atom is -0.494 e. The fraction of sp³-hybridized carbons (Fsp3) is 0.290. The Morgan fingerprint density at radius 1 is 1.00 bits per heavy atom. The van der Waals surface area contributed by atoms with E-state index in [1.165, 1.54) is 4.90 Å². The number of anilines is 2. The second-order valence-electron chi connectivity index (χ2n) is 9.54. The lowest BCUT2D eigenvalue weighted by Crippen LogP contribution is -2.39. The van der Waals surface area contributed by atoms with Gasteiger partial charge >= 0.3 is 5.97 Å². The van der Waals surface area contributed by atoms with Crippen LogP contribution in [0.3, 0.4) is 0 Å². The SMILES string of the molecule is CCCOc1ccc(NC(=O)C[C@@H]2C(=O)N(c3ccc(C(=O)OCC)cc3)C(=S)N2CCc2ccc(Cl)cc2Cl)cc1. The lowest BCUT2D eigenvalue weighted by molar-refractivity contribution is -0.124. The first kappa shape index (κ1) is 31.3. The number of esters is 1. The van der Waals surface area contributed by atoms with Crippen molar-refractivity contribution in [3.63, 3.8) is 0 Å². The first-order valence-electron chi connectivity index (χ1n) is 13.6. The normalized spacial score (nSPS) is 14.7. The summed E-state index contributed by atoms with van der Waals surface area (Å²) in [6.07, 6.45) is 1.23. The molecule has 3 aromatic rings. The molecule has 1 saturated heterocycles. The molecule has 1 aliphatic heterocycles. The maximum Gasteiger partial charge on any atom is 0.338 e. The van der Waals surface area contributed by atoms with Crippen LogP contribution in [-0.2, 0) is 20.7 Å². The highest BCUT2D eigenvalue weighted by Crippen LogP contribution is 2.29. The average molecular weight is 629 g/mol. The molecule has 4 rings (SSSR count). The second kappa shape index (κ2) is 14.5. The highest BCUT2D eigenvalue weighted by molar-refractivity contribution is 7.80. The van der Waals surface area contributed by atoms with E-state index >= 15 is 0 Å². The summed E-state index contributed by atoms with van der Waals surface area (Å²) in [6.45, 7) is 4.95. The van der Waals surface area contributed by atoms with Crippen molar-refractivity contribution in [1.29, 1.82) is 0 Å². The van der Waals surface area contributed by atoms with Gasteiger partial charge in [-0.15, -0.1) is 0 Å². The Balaban J connectivity index is 1.54. The van der Waals surface area contributed by atoms with Crippen LogP contribution in [0.5, 0.6) is 5.75 Å². The smallest absolute Gasteiger partial charge is 0.338 e. The largest absolute Gasteiger partial charge is 0.494 e. The number of rotatable bonds is 12. The molecule has 42 heavy (non-hydrogen) atoms. The van der Waals surface area contributed by atoms with Crippen molar-refractivity contribution in [2.24, 2.45) is 0 Å². The quantitative estimate of drug-likeness (QED) is 0.180. The summed E-state index contributed by atoms with van der Waals surface area (Å²) in [7, 11) is 0. The van der Waals surface area contributed by atoms with E-state index in [2.05, 4.69) is 5.32 Å². The fourth-order valence-electron chi connectivity index (χ4n) is 4.49. The highest BCUT2D eigenvalue weighted by atomic mass is 35.5. The van der Waals surface area contributed by atoms with E-state index in [0.29, 0.717) is 52.3 Å². The topological polar surface area (TPSA) is 88.2 Å². The van der Waals surface area contributed by atoms with Gasteiger partial charge in [0.1, 0.15) is 11.8 Å². The number of amides is 2. The van der Waals surface area contributed by atoms with Gasteiger partial charge in [-0.05, 0) is 98.2 Å². The van der Waals surface area contributed by atoms with Crippen LogP contribution in [0.2, 0.25) is 10.0 Å². The van der Waals surface area contributed by atoms with Gasteiger partial charge in [-0.2, -0.15) is 0 Å². The first-order chi connectivity index (χ1) is 20.2. The third kappa shape index (κ3) is 7.59. The Hall–Kier alpha value is -3.66. The van der Waals surface area contributed by atoms with Gasteiger partial charge in [-0.3, -0.25) is 14.5 Å². The summed E-state index contributed by atoms with van der Waals surface area (Å²) in [6, 6.07) is 17.9. The van der Waals surface area contributed by atoms with Crippen LogP contribution in [0.1, 0.15) is 42.6 Å². The van der Waals surface area contributed by atoms with Gasteiger partial charge in [0, 0.05) is 22.3 Å². The number of thiocarbonyl (C=S) groups is 1. The second-order valence-corrected chi connectivity index (χ2v) is 10.8. The number of carbonyl (C=O) groups is 3. The van der Waals surface area contributed by atoms with Gasteiger partial charge in [0.25, 0.3) is 5.91 Å². The summed E-state index contributed by atoms with van der Waals surface area (Å²) in [5.41, 5.74) is 2.26. The molecule has 0 saturated carbocycles. The number of benzene rings is 3. The molecular formula is C31H31Cl2N3O5S. The number of carbonyl (C=O) groups excluding carboxylic acids is 3. The zero-order chi connectivity index (χ0) is 30.2. The van der Waals surface area contributed by atoms with E-state index in [9.17, 15) is 14.4 Å². The Labute approximate surface area is 260 Å². The molecule has 8 nitrogen and oxygen atoms in total.